The third kappa shape index (κ3) is 3.62. The molecule has 0 aromatic heterocycles. The van der Waals surface area contributed by atoms with Gasteiger partial charge in [0.05, 0.1) is 5.60 Å². The molecule has 0 aromatic rings. The number of aliphatic hydroxyl groups is 2. The van der Waals surface area contributed by atoms with Gasteiger partial charge in [-0.2, -0.15) is 0 Å². The van der Waals surface area contributed by atoms with Crippen LogP contribution in [0.5, 0.6) is 0 Å². The number of allylic oxidation sites excluding steroid dienone is 1. The molecule has 0 bridgehead atoms. The summed E-state index contributed by atoms with van der Waals surface area (Å²) in [6.45, 7) is 7.25. The Morgan fingerprint density at radius 3 is 2.43 bits per heavy atom. The zero-order valence-electron chi connectivity index (χ0n) is 19.6. The molecule has 2 N–H and O–H groups in total. The molecule has 4 aliphatic carbocycles. The molecule has 0 aromatic carbocycles. The van der Waals surface area contributed by atoms with Crippen LogP contribution in [0.1, 0.15) is 104 Å². The van der Waals surface area contributed by atoms with Gasteiger partial charge in [-0.1, -0.05) is 45.1 Å². The fourth-order valence-corrected chi connectivity index (χ4v) is 8.29. The Bertz CT molecular complexity index is 680. The summed E-state index contributed by atoms with van der Waals surface area (Å²) < 4.78 is 0. The molecule has 3 saturated carbocycles. The molecule has 4 aliphatic rings. The predicted molar refractivity (Wildman–Crippen MR) is 121 cm³/mol. The Morgan fingerprint density at radius 2 is 1.67 bits per heavy atom. The lowest BCUT2D eigenvalue weighted by Crippen LogP contribution is -2.56. The first-order valence-electron chi connectivity index (χ1n) is 12.8. The highest BCUT2D eigenvalue weighted by molar-refractivity contribution is 5.91. The zero-order valence-corrected chi connectivity index (χ0v) is 19.6. The lowest BCUT2D eigenvalue weighted by atomic mass is 9.44. The van der Waals surface area contributed by atoms with Gasteiger partial charge < -0.3 is 10.2 Å². The molecule has 3 fully saturated rings. The van der Waals surface area contributed by atoms with E-state index in [2.05, 4.69) is 20.8 Å². The summed E-state index contributed by atoms with van der Waals surface area (Å²) in [5, 5.41) is 20.3. The van der Waals surface area contributed by atoms with E-state index in [0.29, 0.717) is 36.1 Å². The van der Waals surface area contributed by atoms with Crippen molar-refractivity contribution in [3.63, 3.8) is 0 Å². The summed E-state index contributed by atoms with van der Waals surface area (Å²) in [6, 6.07) is 0. The number of rotatable bonds is 7. The quantitative estimate of drug-likeness (QED) is 0.514. The molecule has 0 amide bonds. The fourth-order valence-electron chi connectivity index (χ4n) is 8.29. The number of aliphatic hydroxyl groups excluding tert-OH is 1. The highest BCUT2D eigenvalue weighted by Gasteiger charge is 2.64. The first kappa shape index (κ1) is 22.5. The molecule has 30 heavy (non-hydrogen) atoms. The molecular weight excluding hydrogens is 372 g/mol. The molecule has 0 radical (unpaired) electrons. The van der Waals surface area contributed by atoms with Crippen LogP contribution in [0, 0.1) is 34.5 Å². The van der Waals surface area contributed by atoms with Gasteiger partial charge >= 0.3 is 0 Å². The van der Waals surface area contributed by atoms with Gasteiger partial charge in [0.1, 0.15) is 0 Å². The highest BCUT2D eigenvalue weighted by atomic mass is 16.3. The molecule has 0 saturated heterocycles. The van der Waals surface area contributed by atoms with Crippen molar-refractivity contribution in [2.24, 2.45) is 34.5 Å². The van der Waals surface area contributed by atoms with Crippen LogP contribution in [0.3, 0.4) is 0 Å². The number of carbonyl (C=O) groups excluding carboxylic acids is 1. The number of unbranched alkanes of at least 4 members (excludes halogenated alkanes) is 4. The second kappa shape index (κ2) is 8.35. The summed E-state index contributed by atoms with van der Waals surface area (Å²) in [5.41, 5.74) is 1.18. The summed E-state index contributed by atoms with van der Waals surface area (Å²) in [7, 11) is 0. The SMILES string of the molecule is CC1(O)CC[C@H]2[C@@H]3C(CCCCCCCO)CC4=CC(=O)CC[C@]4(C)[C@@H]3CC[C@@]21C. The molecule has 170 valence electrons. The average Bonchev–Trinajstić information content (AvgIpc) is 2.95. The lowest BCUT2D eigenvalue weighted by Gasteiger charge is -2.61. The highest BCUT2D eigenvalue weighted by Crippen LogP contribution is 2.69. The van der Waals surface area contributed by atoms with E-state index in [4.69, 9.17) is 5.11 Å². The average molecular weight is 417 g/mol. The van der Waals surface area contributed by atoms with E-state index in [9.17, 15) is 9.90 Å². The number of hydrogen-bond acceptors (Lipinski definition) is 3. The summed E-state index contributed by atoms with van der Waals surface area (Å²) >= 11 is 0. The minimum atomic E-state index is -0.531. The molecule has 0 aliphatic heterocycles. The summed E-state index contributed by atoms with van der Waals surface area (Å²) in [5.74, 6) is 3.01. The van der Waals surface area contributed by atoms with E-state index in [1.165, 1.54) is 44.1 Å². The van der Waals surface area contributed by atoms with E-state index >= 15 is 0 Å². The van der Waals surface area contributed by atoms with E-state index < -0.39 is 5.60 Å². The van der Waals surface area contributed by atoms with Crippen molar-refractivity contribution in [3.05, 3.63) is 11.6 Å². The van der Waals surface area contributed by atoms with Gasteiger partial charge in [-0.3, -0.25) is 4.79 Å². The van der Waals surface area contributed by atoms with Crippen molar-refractivity contribution >= 4 is 5.78 Å². The monoisotopic (exact) mass is 416 g/mol. The van der Waals surface area contributed by atoms with E-state index in [1.807, 2.05) is 6.08 Å². The number of fused-ring (bicyclic) bond motifs is 5. The normalized spacial score (nSPS) is 45.5. The topological polar surface area (TPSA) is 57.5 Å². The smallest absolute Gasteiger partial charge is 0.155 e. The van der Waals surface area contributed by atoms with Crippen LogP contribution >= 0.6 is 0 Å². The van der Waals surface area contributed by atoms with Crippen LogP contribution in [-0.4, -0.2) is 28.2 Å². The standard InChI is InChI=1S/C27H44O3/c1-25-13-10-21(29)18-20(25)17-19(9-7-5-4-6-8-16-28)24-22(25)11-14-26(2)23(24)12-15-27(26,3)30/h18-19,22-24,28,30H,4-17H2,1-3H3/t19?,22-,23+,24-,25+,26+,27?/m1/s1. The van der Waals surface area contributed by atoms with Crippen LogP contribution in [-0.2, 0) is 4.79 Å². The molecule has 7 atom stereocenters. The predicted octanol–water partition coefficient (Wildman–Crippen LogP) is 5.83. The summed E-state index contributed by atoms with van der Waals surface area (Å²) in [4.78, 5) is 12.3. The molecular formula is C27H44O3. The lowest BCUT2D eigenvalue weighted by molar-refractivity contribution is -0.135. The second-order valence-corrected chi connectivity index (χ2v) is 11.9. The second-order valence-electron chi connectivity index (χ2n) is 11.9. The van der Waals surface area contributed by atoms with Crippen molar-refractivity contribution in [1.29, 1.82) is 0 Å². The van der Waals surface area contributed by atoms with Crippen molar-refractivity contribution in [1.82, 2.24) is 0 Å². The van der Waals surface area contributed by atoms with Crippen molar-refractivity contribution in [2.45, 2.75) is 110 Å². The maximum Gasteiger partial charge on any atom is 0.155 e. The maximum absolute atomic E-state index is 12.3. The van der Waals surface area contributed by atoms with Crippen molar-refractivity contribution in [3.8, 4) is 0 Å². The molecule has 4 rings (SSSR count). The van der Waals surface area contributed by atoms with E-state index in [0.717, 1.165) is 44.9 Å². The van der Waals surface area contributed by atoms with Gasteiger partial charge in [-0.05, 0) is 98.9 Å². The number of ketones is 1. The van der Waals surface area contributed by atoms with Crippen molar-refractivity contribution < 1.29 is 15.0 Å². The Kier molecular flexibility index (Phi) is 6.27. The van der Waals surface area contributed by atoms with Crippen LogP contribution in [0.15, 0.2) is 11.6 Å². The number of hydrogen-bond donors (Lipinski definition) is 2. The third-order valence-electron chi connectivity index (χ3n) is 10.4. The van der Waals surface area contributed by atoms with Gasteiger partial charge in [-0.15, -0.1) is 0 Å². The van der Waals surface area contributed by atoms with E-state index in [-0.39, 0.29) is 10.8 Å². The van der Waals surface area contributed by atoms with Crippen molar-refractivity contribution in [2.75, 3.05) is 6.61 Å². The maximum atomic E-state index is 12.3. The molecule has 3 heteroatoms. The van der Waals surface area contributed by atoms with Crippen LogP contribution in [0.4, 0.5) is 0 Å². The Morgan fingerprint density at radius 1 is 0.967 bits per heavy atom. The minimum absolute atomic E-state index is 0.0512. The number of carbonyl (C=O) groups is 1. The first-order chi connectivity index (χ1) is 14.2. The van der Waals surface area contributed by atoms with Gasteiger partial charge in [0.25, 0.3) is 0 Å². The van der Waals surface area contributed by atoms with Crippen LogP contribution < -0.4 is 0 Å². The van der Waals surface area contributed by atoms with Gasteiger partial charge in [0.2, 0.25) is 0 Å². The largest absolute Gasteiger partial charge is 0.396 e. The Balaban J connectivity index is 1.57. The molecule has 3 nitrogen and oxygen atoms in total. The van der Waals surface area contributed by atoms with Gasteiger partial charge in [0, 0.05) is 13.0 Å². The Hall–Kier alpha value is -0.670. The third-order valence-corrected chi connectivity index (χ3v) is 10.4. The molecule has 0 spiro atoms. The van der Waals surface area contributed by atoms with Gasteiger partial charge in [-0.25, -0.2) is 0 Å². The Labute approximate surface area is 183 Å². The van der Waals surface area contributed by atoms with Crippen LogP contribution in [0.25, 0.3) is 0 Å². The van der Waals surface area contributed by atoms with Crippen LogP contribution in [0.2, 0.25) is 0 Å². The zero-order chi connectivity index (χ0) is 21.6. The van der Waals surface area contributed by atoms with E-state index in [1.54, 1.807) is 0 Å². The molecule has 2 unspecified atom stereocenters. The first-order valence-corrected chi connectivity index (χ1v) is 12.8. The summed E-state index contributed by atoms with van der Waals surface area (Å²) in [6.07, 6.45) is 16.4. The fraction of sp³-hybridized carbons (Fsp3) is 0.889. The molecule has 0 heterocycles. The van der Waals surface area contributed by atoms with Gasteiger partial charge in [0.15, 0.2) is 5.78 Å². The minimum Gasteiger partial charge on any atom is -0.396 e.